The average molecular weight is 439 g/mol. The summed E-state index contributed by atoms with van der Waals surface area (Å²) in [6, 6.07) is 15.1. The number of hydrogen-bond acceptors (Lipinski definition) is 7. The van der Waals surface area contributed by atoms with Crippen LogP contribution in [0.15, 0.2) is 54.7 Å². The van der Waals surface area contributed by atoms with Crippen LogP contribution >= 0.6 is 11.6 Å². The van der Waals surface area contributed by atoms with Crippen LogP contribution in [0.1, 0.15) is 5.56 Å². The fourth-order valence-electron chi connectivity index (χ4n) is 3.25. The topological polar surface area (TPSA) is 91.4 Å². The maximum Gasteiger partial charge on any atom is 0.234 e. The number of anilines is 4. The summed E-state index contributed by atoms with van der Waals surface area (Å²) in [5.41, 5.74) is 2.62. The number of likely N-dealkylation sites (N-methyl/N-ethyl adjacent to an activating group) is 1. The fraction of sp³-hybridized carbons (Fsp3) is 0.227. The summed E-state index contributed by atoms with van der Waals surface area (Å²) in [5, 5.41) is 9.90. The van der Waals surface area contributed by atoms with Crippen LogP contribution in [0.4, 0.5) is 23.1 Å². The first-order valence-corrected chi connectivity index (χ1v) is 10.3. The van der Waals surface area contributed by atoms with Crippen LogP contribution < -0.4 is 20.7 Å². The van der Waals surface area contributed by atoms with Crippen molar-refractivity contribution in [2.75, 3.05) is 37.4 Å². The molecule has 1 aliphatic rings. The number of ether oxygens (including phenoxy) is 1. The molecule has 2 aromatic carbocycles. The molecule has 3 N–H and O–H groups in total. The van der Waals surface area contributed by atoms with Gasteiger partial charge in [-0.3, -0.25) is 9.69 Å². The molecule has 0 unspecified atom stereocenters. The number of fused-ring (bicyclic) bond motifs is 5. The van der Waals surface area contributed by atoms with Gasteiger partial charge in [0.05, 0.1) is 18.8 Å². The summed E-state index contributed by atoms with van der Waals surface area (Å²) in [6.45, 7) is 1.64. The van der Waals surface area contributed by atoms with Gasteiger partial charge >= 0.3 is 0 Å². The van der Waals surface area contributed by atoms with Gasteiger partial charge in [0.1, 0.15) is 18.2 Å². The van der Waals surface area contributed by atoms with Crippen molar-refractivity contribution in [3.05, 3.63) is 65.3 Å². The van der Waals surface area contributed by atoms with E-state index in [-0.39, 0.29) is 5.91 Å². The number of aromatic nitrogens is 2. The first kappa shape index (κ1) is 20.9. The Morgan fingerprint density at radius 2 is 2.00 bits per heavy atom. The molecule has 0 radical (unpaired) electrons. The molecular weight excluding hydrogens is 416 g/mol. The summed E-state index contributed by atoms with van der Waals surface area (Å²) >= 11 is 6.17. The molecule has 8 nitrogen and oxygen atoms in total. The van der Waals surface area contributed by atoms with Crippen molar-refractivity contribution in [3.8, 4) is 5.75 Å². The van der Waals surface area contributed by atoms with Gasteiger partial charge in [0.2, 0.25) is 11.9 Å². The van der Waals surface area contributed by atoms with E-state index in [0.29, 0.717) is 54.5 Å². The van der Waals surface area contributed by atoms with Gasteiger partial charge in [0, 0.05) is 23.5 Å². The van der Waals surface area contributed by atoms with E-state index in [4.69, 9.17) is 16.3 Å². The molecule has 0 saturated carbocycles. The molecule has 3 aromatic rings. The first-order valence-electron chi connectivity index (χ1n) is 9.89. The Hall–Kier alpha value is -3.36. The Morgan fingerprint density at radius 3 is 2.90 bits per heavy atom. The highest BCUT2D eigenvalue weighted by Crippen LogP contribution is 2.30. The zero-order valence-corrected chi connectivity index (χ0v) is 17.8. The largest absolute Gasteiger partial charge is 0.490 e. The van der Waals surface area contributed by atoms with Gasteiger partial charge < -0.3 is 20.7 Å². The number of carbonyl (C=O) groups is 1. The van der Waals surface area contributed by atoms with Crippen molar-refractivity contribution in [2.45, 2.75) is 6.54 Å². The Kier molecular flexibility index (Phi) is 6.49. The molecule has 1 amide bonds. The fourth-order valence-corrected chi connectivity index (χ4v) is 3.42. The second kappa shape index (κ2) is 9.63. The SMILES string of the molecule is CN1CC(=O)NCCOc2ccc(Cl)cc2Nc2nccc(n2)Nc2cccc(c2)C1. The van der Waals surface area contributed by atoms with E-state index in [1.165, 1.54) is 0 Å². The van der Waals surface area contributed by atoms with Gasteiger partial charge in [-0.2, -0.15) is 4.98 Å². The number of carbonyl (C=O) groups excluding carboxylic acids is 1. The van der Waals surface area contributed by atoms with Crippen molar-refractivity contribution < 1.29 is 9.53 Å². The summed E-state index contributed by atoms with van der Waals surface area (Å²) in [6.07, 6.45) is 1.67. The molecule has 0 fully saturated rings. The average Bonchev–Trinajstić information content (AvgIpc) is 2.72. The number of rotatable bonds is 0. The Morgan fingerprint density at radius 1 is 1.10 bits per heavy atom. The zero-order chi connectivity index (χ0) is 21.6. The minimum Gasteiger partial charge on any atom is -0.490 e. The molecule has 0 spiro atoms. The smallest absolute Gasteiger partial charge is 0.234 e. The number of nitrogens with zero attached hydrogens (tertiary/aromatic N) is 3. The molecular formula is C22H23ClN6O2. The molecule has 0 atom stereocenters. The molecule has 1 aliphatic heterocycles. The highest BCUT2D eigenvalue weighted by Gasteiger charge is 2.11. The second-order valence-electron chi connectivity index (χ2n) is 7.23. The van der Waals surface area contributed by atoms with Gasteiger partial charge in [-0.05, 0) is 49.0 Å². The van der Waals surface area contributed by atoms with Crippen molar-refractivity contribution >= 4 is 40.6 Å². The van der Waals surface area contributed by atoms with Crippen LogP contribution in [0.5, 0.6) is 5.75 Å². The third kappa shape index (κ3) is 5.84. The third-order valence-corrected chi connectivity index (χ3v) is 4.83. The standard InChI is InChI=1S/C22H23ClN6O2/c1-29-13-15-3-2-4-17(11-15)26-20-7-8-25-22(28-20)27-18-12-16(23)5-6-19(18)31-10-9-24-21(30)14-29/h2-8,11-12H,9-10,13-14H2,1H3,(H,24,30)(H2,25,26,27,28). The van der Waals surface area contributed by atoms with E-state index in [2.05, 4.69) is 25.9 Å². The first-order chi connectivity index (χ1) is 15.0. The highest BCUT2D eigenvalue weighted by molar-refractivity contribution is 6.31. The Bertz CT molecular complexity index is 1080. The van der Waals surface area contributed by atoms with Crippen LogP contribution in [0, 0.1) is 0 Å². The summed E-state index contributed by atoms with van der Waals surface area (Å²) in [7, 11) is 1.91. The van der Waals surface area contributed by atoms with Crippen molar-refractivity contribution in [1.29, 1.82) is 0 Å². The number of amides is 1. The maximum atomic E-state index is 12.2. The molecule has 0 aliphatic carbocycles. The number of hydrogen-bond donors (Lipinski definition) is 3. The third-order valence-electron chi connectivity index (χ3n) is 4.59. The molecule has 4 rings (SSSR count). The van der Waals surface area contributed by atoms with Crippen LogP contribution in [-0.4, -0.2) is 47.5 Å². The van der Waals surface area contributed by atoms with E-state index in [1.807, 2.05) is 36.2 Å². The number of nitrogens with one attached hydrogen (secondary N) is 3. The lowest BCUT2D eigenvalue weighted by Gasteiger charge is -2.18. The second-order valence-corrected chi connectivity index (χ2v) is 7.66. The zero-order valence-electron chi connectivity index (χ0n) is 17.1. The Labute approximate surface area is 185 Å². The summed E-state index contributed by atoms with van der Waals surface area (Å²) in [4.78, 5) is 23.0. The molecule has 160 valence electrons. The van der Waals surface area contributed by atoms with E-state index in [9.17, 15) is 4.79 Å². The van der Waals surface area contributed by atoms with E-state index < -0.39 is 0 Å². The lowest BCUT2D eigenvalue weighted by atomic mass is 10.2. The Balaban J connectivity index is 1.65. The van der Waals surface area contributed by atoms with Gasteiger partial charge in [0.25, 0.3) is 0 Å². The molecule has 1 aromatic heterocycles. The molecule has 4 bridgehead atoms. The van der Waals surface area contributed by atoms with Gasteiger partial charge in [0.15, 0.2) is 0 Å². The minimum absolute atomic E-state index is 0.0562. The van der Waals surface area contributed by atoms with E-state index in [1.54, 1.807) is 30.5 Å². The normalized spacial score (nSPS) is 15.2. The van der Waals surface area contributed by atoms with Crippen LogP contribution in [0.25, 0.3) is 0 Å². The highest BCUT2D eigenvalue weighted by atomic mass is 35.5. The number of halogens is 1. The van der Waals surface area contributed by atoms with Gasteiger partial charge in [-0.25, -0.2) is 4.98 Å². The van der Waals surface area contributed by atoms with Crippen molar-refractivity contribution in [2.24, 2.45) is 0 Å². The van der Waals surface area contributed by atoms with Crippen LogP contribution in [0.2, 0.25) is 5.02 Å². The quantitative estimate of drug-likeness (QED) is 0.494. The van der Waals surface area contributed by atoms with Crippen molar-refractivity contribution in [1.82, 2.24) is 20.2 Å². The number of benzene rings is 2. The van der Waals surface area contributed by atoms with Gasteiger partial charge in [-0.1, -0.05) is 23.7 Å². The van der Waals surface area contributed by atoms with Crippen LogP contribution in [-0.2, 0) is 11.3 Å². The molecule has 9 heteroatoms. The monoisotopic (exact) mass is 438 g/mol. The van der Waals surface area contributed by atoms with E-state index >= 15 is 0 Å². The molecule has 2 heterocycles. The molecule has 0 saturated heterocycles. The van der Waals surface area contributed by atoms with Crippen LogP contribution in [0.3, 0.4) is 0 Å². The summed E-state index contributed by atoms with van der Waals surface area (Å²) in [5.74, 6) is 1.58. The van der Waals surface area contributed by atoms with E-state index in [0.717, 1.165) is 11.3 Å². The lowest BCUT2D eigenvalue weighted by Crippen LogP contribution is -2.36. The summed E-state index contributed by atoms with van der Waals surface area (Å²) < 4.78 is 5.85. The van der Waals surface area contributed by atoms with Gasteiger partial charge in [-0.15, -0.1) is 0 Å². The lowest BCUT2D eigenvalue weighted by molar-refractivity contribution is -0.122. The predicted molar refractivity (Wildman–Crippen MR) is 121 cm³/mol. The maximum absolute atomic E-state index is 12.2. The van der Waals surface area contributed by atoms with Crippen molar-refractivity contribution in [3.63, 3.8) is 0 Å². The predicted octanol–water partition coefficient (Wildman–Crippen LogP) is 3.56. The molecule has 31 heavy (non-hydrogen) atoms. The minimum atomic E-state index is -0.0562.